The SMILES string of the molecule is Cc1nn(-c2cccc(Cl)c2)c(Cl)c1/C=N\NC(=O)c1ccc(N)cc1. The number of amides is 1. The van der Waals surface area contributed by atoms with Crippen molar-refractivity contribution in [3.05, 3.63) is 75.5 Å². The van der Waals surface area contributed by atoms with Crippen LogP contribution >= 0.6 is 23.2 Å². The van der Waals surface area contributed by atoms with E-state index in [4.69, 9.17) is 28.9 Å². The molecular weight excluding hydrogens is 373 g/mol. The lowest BCUT2D eigenvalue weighted by Gasteiger charge is -2.03. The number of nitrogens with one attached hydrogen (secondary N) is 1. The second-order valence-electron chi connectivity index (χ2n) is 5.50. The fraction of sp³-hybridized carbons (Fsp3) is 0.0556. The highest BCUT2D eigenvalue weighted by molar-refractivity contribution is 6.32. The number of hydrogen-bond acceptors (Lipinski definition) is 4. The number of aryl methyl sites for hydroxylation is 1. The van der Waals surface area contributed by atoms with Gasteiger partial charge in [-0.3, -0.25) is 4.79 Å². The zero-order chi connectivity index (χ0) is 18.7. The number of aromatic nitrogens is 2. The van der Waals surface area contributed by atoms with Crippen LogP contribution in [-0.4, -0.2) is 21.9 Å². The van der Waals surface area contributed by atoms with E-state index in [9.17, 15) is 4.79 Å². The smallest absolute Gasteiger partial charge is 0.271 e. The van der Waals surface area contributed by atoms with Crippen LogP contribution in [0.4, 0.5) is 5.69 Å². The number of nitrogen functional groups attached to an aromatic ring is 1. The summed E-state index contributed by atoms with van der Waals surface area (Å²) in [6.45, 7) is 1.80. The molecule has 0 aliphatic rings. The van der Waals surface area contributed by atoms with Crippen molar-refractivity contribution in [1.29, 1.82) is 0 Å². The number of hydrazone groups is 1. The molecular formula is C18H15Cl2N5O. The average Bonchev–Trinajstić information content (AvgIpc) is 2.90. The largest absolute Gasteiger partial charge is 0.399 e. The van der Waals surface area contributed by atoms with Crippen molar-refractivity contribution in [3.63, 3.8) is 0 Å². The Kier molecular flexibility index (Phi) is 5.25. The molecule has 1 heterocycles. The predicted molar refractivity (Wildman–Crippen MR) is 104 cm³/mol. The third-order valence-corrected chi connectivity index (χ3v) is 4.23. The van der Waals surface area contributed by atoms with E-state index in [2.05, 4.69) is 15.6 Å². The van der Waals surface area contributed by atoms with Crippen LogP contribution in [-0.2, 0) is 0 Å². The summed E-state index contributed by atoms with van der Waals surface area (Å²) in [5.41, 5.74) is 11.1. The Morgan fingerprint density at radius 3 is 2.65 bits per heavy atom. The summed E-state index contributed by atoms with van der Waals surface area (Å²) >= 11 is 12.4. The number of hydrogen-bond donors (Lipinski definition) is 2. The van der Waals surface area contributed by atoms with Crippen molar-refractivity contribution in [3.8, 4) is 5.69 Å². The Morgan fingerprint density at radius 2 is 1.96 bits per heavy atom. The number of rotatable bonds is 4. The molecule has 1 aromatic heterocycles. The number of nitrogens with two attached hydrogens (primary N) is 1. The minimum atomic E-state index is -0.350. The topological polar surface area (TPSA) is 85.3 Å². The molecule has 3 rings (SSSR count). The van der Waals surface area contributed by atoms with Crippen molar-refractivity contribution in [2.75, 3.05) is 5.73 Å². The fourth-order valence-electron chi connectivity index (χ4n) is 2.29. The fourth-order valence-corrected chi connectivity index (χ4v) is 2.80. The van der Waals surface area contributed by atoms with Gasteiger partial charge in [-0.05, 0) is 49.4 Å². The monoisotopic (exact) mass is 387 g/mol. The lowest BCUT2D eigenvalue weighted by Crippen LogP contribution is -2.17. The summed E-state index contributed by atoms with van der Waals surface area (Å²) in [6.07, 6.45) is 1.46. The summed E-state index contributed by atoms with van der Waals surface area (Å²) in [5, 5.41) is 9.31. The normalized spacial score (nSPS) is 11.0. The van der Waals surface area contributed by atoms with Crippen LogP contribution in [0.5, 0.6) is 0 Å². The predicted octanol–water partition coefficient (Wildman–Crippen LogP) is 3.83. The van der Waals surface area contributed by atoms with Gasteiger partial charge in [-0.2, -0.15) is 10.2 Å². The third kappa shape index (κ3) is 3.87. The van der Waals surface area contributed by atoms with E-state index in [1.807, 2.05) is 12.1 Å². The van der Waals surface area contributed by atoms with Gasteiger partial charge in [0.2, 0.25) is 0 Å². The van der Waals surface area contributed by atoms with E-state index < -0.39 is 0 Å². The van der Waals surface area contributed by atoms with Gasteiger partial charge in [0.15, 0.2) is 0 Å². The quantitative estimate of drug-likeness (QED) is 0.405. The lowest BCUT2D eigenvalue weighted by atomic mass is 10.2. The molecule has 26 heavy (non-hydrogen) atoms. The Labute approximate surface area is 160 Å². The Hall–Kier alpha value is -2.83. The van der Waals surface area contributed by atoms with Gasteiger partial charge in [-0.25, -0.2) is 10.1 Å². The molecule has 0 bridgehead atoms. The Morgan fingerprint density at radius 1 is 1.23 bits per heavy atom. The number of benzene rings is 2. The lowest BCUT2D eigenvalue weighted by molar-refractivity contribution is 0.0955. The van der Waals surface area contributed by atoms with Gasteiger partial charge >= 0.3 is 0 Å². The van der Waals surface area contributed by atoms with Gasteiger partial charge in [0.1, 0.15) is 5.15 Å². The molecule has 3 aromatic rings. The van der Waals surface area contributed by atoms with Crippen LogP contribution in [0.1, 0.15) is 21.6 Å². The molecule has 132 valence electrons. The number of halogens is 2. The van der Waals surface area contributed by atoms with Gasteiger partial charge in [0.25, 0.3) is 5.91 Å². The molecule has 0 saturated carbocycles. The molecule has 0 radical (unpaired) electrons. The van der Waals surface area contributed by atoms with Crippen molar-refractivity contribution >= 4 is 41.0 Å². The molecule has 0 unspecified atom stereocenters. The highest BCUT2D eigenvalue weighted by atomic mass is 35.5. The van der Waals surface area contributed by atoms with Gasteiger partial charge < -0.3 is 5.73 Å². The standard InChI is InChI=1S/C18H15Cl2N5O/c1-11-16(10-22-23-18(26)12-5-7-14(21)8-6-12)17(20)25(24-11)15-4-2-3-13(19)9-15/h2-10H,21H2,1H3,(H,23,26)/b22-10-. The second kappa shape index (κ2) is 7.59. The van der Waals surface area contributed by atoms with Crippen molar-refractivity contribution in [1.82, 2.24) is 15.2 Å². The van der Waals surface area contributed by atoms with Gasteiger partial charge in [-0.1, -0.05) is 29.3 Å². The first-order chi connectivity index (χ1) is 12.5. The van der Waals surface area contributed by atoms with Crippen LogP contribution in [0.15, 0.2) is 53.6 Å². The number of carbonyl (C=O) groups is 1. The molecule has 6 nitrogen and oxygen atoms in total. The van der Waals surface area contributed by atoms with Crippen molar-refractivity contribution < 1.29 is 4.79 Å². The van der Waals surface area contributed by atoms with Crippen LogP contribution in [0.2, 0.25) is 10.2 Å². The molecule has 0 aliphatic carbocycles. The first-order valence-electron chi connectivity index (χ1n) is 7.65. The first kappa shape index (κ1) is 18.0. The highest BCUT2D eigenvalue weighted by Gasteiger charge is 2.13. The van der Waals surface area contributed by atoms with Crippen molar-refractivity contribution in [2.45, 2.75) is 6.92 Å². The van der Waals surface area contributed by atoms with Gasteiger partial charge in [0.05, 0.1) is 23.2 Å². The summed E-state index contributed by atoms with van der Waals surface area (Å²) in [7, 11) is 0. The summed E-state index contributed by atoms with van der Waals surface area (Å²) in [5.74, 6) is -0.350. The number of anilines is 1. The summed E-state index contributed by atoms with van der Waals surface area (Å²) in [4.78, 5) is 12.0. The van der Waals surface area contributed by atoms with Gasteiger partial charge in [-0.15, -0.1) is 0 Å². The molecule has 0 aliphatic heterocycles. The number of carbonyl (C=O) groups excluding carboxylic acids is 1. The van der Waals surface area contributed by atoms with E-state index in [1.165, 1.54) is 6.21 Å². The van der Waals surface area contributed by atoms with E-state index in [-0.39, 0.29) is 5.91 Å². The van der Waals surface area contributed by atoms with E-state index in [0.29, 0.717) is 32.7 Å². The Bertz CT molecular complexity index is 980. The molecule has 8 heteroatoms. The number of nitrogens with zero attached hydrogens (tertiary/aromatic N) is 3. The molecule has 1 amide bonds. The van der Waals surface area contributed by atoms with Crippen LogP contribution in [0, 0.1) is 6.92 Å². The zero-order valence-corrected chi connectivity index (χ0v) is 15.3. The molecule has 0 saturated heterocycles. The molecule has 0 atom stereocenters. The van der Waals surface area contributed by atoms with Crippen LogP contribution in [0.25, 0.3) is 5.69 Å². The van der Waals surface area contributed by atoms with E-state index >= 15 is 0 Å². The maximum atomic E-state index is 12.0. The third-order valence-electron chi connectivity index (χ3n) is 3.63. The van der Waals surface area contributed by atoms with Crippen LogP contribution < -0.4 is 11.2 Å². The summed E-state index contributed by atoms with van der Waals surface area (Å²) < 4.78 is 1.56. The maximum Gasteiger partial charge on any atom is 0.271 e. The van der Waals surface area contributed by atoms with Crippen LogP contribution in [0.3, 0.4) is 0 Å². The van der Waals surface area contributed by atoms with E-state index in [1.54, 1.807) is 48.0 Å². The summed E-state index contributed by atoms with van der Waals surface area (Å²) in [6, 6.07) is 13.7. The Balaban J connectivity index is 1.79. The highest BCUT2D eigenvalue weighted by Crippen LogP contribution is 2.23. The average molecular weight is 388 g/mol. The molecule has 3 N–H and O–H groups in total. The van der Waals surface area contributed by atoms with E-state index in [0.717, 1.165) is 5.69 Å². The van der Waals surface area contributed by atoms with Gasteiger partial charge in [0, 0.05) is 16.3 Å². The van der Waals surface area contributed by atoms with Crippen molar-refractivity contribution in [2.24, 2.45) is 5.10 Å². The second-order valence-corrected chi connectivity index (χ2v) is 6.30. The minimum absolute atomic E-state index is 0.350. The molecule has 0 fully saturated rings. The molecule has 2 aromatic carbocycles. The zero-order valence-electron chi connectivity index (χ0n) is 13.8. The molecule has 0 spiro atoms. The first-order valence-corrected chi connectivity index (χ1v) is 8.41. The minimum Gasteiger partial charge on any atom is -0.399 e. The maximum absolute atomic E-state index is 12.0.